The van der Waals surface area contributed by atoms with E-state index in [0.717, 1.165) is 18.8 Å². The fraction of sp³-hybridized carbons (Fsp3) is 0.263. The number of aryl methyl sites for hydroxylation is 1. The maximum absolute atomic E-state index is 12.4. The topological polar surface area (TPSA) is 96.2 Å². The number of hydrogen-bond acceptors (Lipinski definition) is 7. The molecular formula is C19H20N6O2. The van der Waals surface area contributed by atoms with Gasteiger partial charge in [0.2, 0.25) is 0 Å². The molecule has 1 aliphatic rings. The van der Waals surface area contributed by atoms with Gasteiger partial charge in [-0.3, -0.25) is 4.79 Å². The fourth-order valence-electron chi connectivity index (χ4n) is 2.99. The molecular weight excluding hydrogens is 344 g/mol. The van der Waals surface area contributed by atoms with Crippen LogP contribution in [0.25, 0.3) is 0 Å². The van der Waals surface area contributed by atoms with Crippen LogP contribution in [0.15, 0.2) is 47.2 Å². The van der Waals surface area contributed by atoms with Crippen LogP contribution in [0.5, 0.6) is 0 Å². The van der Waals surface area contributed by atoms with Crippen molar-refractivity contribution < 1.29 is 9.32 Å². The van der Waals surface area contributed by atoms with Crippen molar-refractivity contribution in [2.45, 2.75) is 19.8 Å². The molecule has 0 atom stereocenters. The molecule has 0 unspecified atom stereocenters. The summed E-state index contributed by atoms with van der Waals surface area (Å²) in [5, 5.41) is 9.62. The van der Waals surface area contributed by atoms with Crippen LogP contribution in [-0.2, 0) is 0 Å². The molecule has 1 aromatic carbocycles. The molecule has 8 nitrogen and oxygen atoms in total. The Kier molecular flexibility index (Phi) is 4.69. The van der Waals surface area contributed by atoms with Crippen LogP contribution in [0.3, 0.4) is 0 Å². The number of aromatic nitrogens is 3. The van der Waals surface area contributed by atoms with Gasteiger partial charge < -0.3 is 20.1 Å². The maximum Gasteiger partial charge on any atom is 0.275 e. The molecule has 0 radical (unpaired) electrons. The molecule has 1 amide bonds. The van der Waals surface area contributed by atoms with Crippen LogP contribution in [0.1, 0.15) is 29.1 Å². The second-order valence-corrected chi connectivity index (χ2v) is 6.43. The molecule has 0 bridgehead atoms. The molecule has 0 saturated carbocycles. The van der Waals surface area contributed by atoms with E-state index in [-0.39, 0.29) is 11.6 Å². The number of nitrogens with zero attached hydrogens (tertiary/aromatic N) is 4. The average molecular weight is 364 g/mol. The van der Waals surface area contributed by atoms with Crippen LogP contribution in [0.2, 0.25) is 0 Å². The lowest BCUT2D eigenvalue weighted by Gasteiger charge is -2.17. The molecule has 0 spiro atoms. The van der Waals surface area contributed by atoms with Crippen molar-refractivity contribution in [1.82, 2.24) is 15.1 Å². The van der Waals surface area contributed by atoms with E-state index in [2.05, 4.69) is 30.7 Å². The molecule has 0 aliphatic carbocycles. The fourth-order valence-corrected chi connectivity index (χ4v) is 2.99. The van der Waals surface area contributed by atoms with Crippen molar-refractivity contribution in [3.63, 3.8) is 0 Å². The summed E-state index contributed by atoms with van der Waals surface area (Å²) in [5.74, 6) is 1.41. The third-order valence-electron chi connectivity index (χ3n) is 4.36. The molecule has 2 aromatic heterocycles. The molecule has 1 fully saturated rings. The zero-order valence-corrected chi connectivity index (χ0v) is 15.0. The van der Waals surface area contributed by atoms with Gasteiger partial charge in [-0.1, -0.05) is 5.16 Å². The van der Waals surface area contributed by atoms with Crippen LogP contribution < -0.4 is 15.5 Å². The summed E-state index contributed by atoms with van der Waals surface area (Å²) in [5.41, 5.74) is 2.15. The first-order valence-corrected chi connectivity index (χ1v) is 8.86. The van der Waals surface area contributed by atoms with Crippen molar-refractivity contribution >= 4 is 28.9 Å². The van der Waals surface area contributed by atoms with Gasteiger partial charge in [0, 0.05) is 30.5 Å². The van der Waals surface area contributed by atoms with Crippen molar-refractivity contribution in [3.8, 4) is 0 Å². The highest BCUT2D eigenvalue weighted by Gasteiger charge is 2.13. The van der Waals surface area contributed by atoms with Gasteiger partial charge in [0.15, 0.2) is 5.82 Å². The summed E-state index contributed by atoms with van der Waals surface area (Å²) in [4.78, 5) is 23.0. The van der Waals surface area contributed by atoms with E-state index >= 15 is 0 Å². The van der Waals surface area contributed by atoms with E-state index in [1.54, 1.807) is 13.0 Å². The van der Waals surface area contributed by atoms with Crippen molar-refractivity contribution in [1.29, 1.82) is 0 Å². The molecule has 3 aromatic rings. The molecule has 3 heterocycles. The Labute approximate surface area is 156 Å². The SMILES string of the molecule is Cc1cc(Nc2cnc(C(=O)Nc3ccc(N4CCCC4)cc3)cn2)no1. The molecule has 138 valence electrons. The summed E-state index contributed by atoms with van der Waals surface area (Å²) in [6.07, 6.45) is 5.37. The van der Waals surface area contributed by atoms with Crippen LogP contribution >= 0.6 is 0 Å². The van der Waals surface area contributed by atoms with E-state index < -0.39 is 0 Å². The first-order chi connectivity index (χ1) is 13.2. The largest absolute Gasteiger partial charge is 0.372 e. The molecule has 4 rings (SSSR count). The Morgan fingerprint density at radius 1 is 1.07 bits per heavy atom. The van der Waals surface area contributed by atoms with Crippen LogP contribution in [0, 0.1) is 6.92 Å². The highest BCUT2D eigenvalue weighted by molar-refractivity contribution is 6.02. The van der Waals surface area contributed by atoms with E-state index in [4.69, 9.17) is 4.52 Å². The summed E-state index contributed by atoms with van der Waals surface area (Å²) >= 11 is 0. The minimum atomic E-state index is -0.305. The Morgan fingerprint density at radius 3 is 2.48 bits per heavy atom. The zero-order chi connectivity index (χ0) is 18.6. The first-order valence-electron chi connectivity index (χ1n) is 8.86. The lowest BCUT2D eigenvalue weighted by molar-refractivity contribution is 0.102. The summed E-state index contributed by atoms with van der Waals surface area (Å²) in [6, 6.07) is 9.61. The van der Waals surface area contributed by atoms with Crippen molar-refractivity contribution in [2.75, 3.05) is 28.6 Å². The van der Waals surface area contributed by atoms with Crippen molar-refractivity contribution in [3.05, 3.63) is 54.2 Å². The quantitative estimate of drug-likeness (QED) is 0.716. The van der Waals surface area contributed by atoms with E-state index in [1.807, 2.05) is 24.3 Å². The van der Waals surface area contributed by atoms with Gasteiger partial charge in [0.25, 0.3) is 5.91 Å². The monoisotopic (exact) mass is 364 g/mol. The minimum absolute atomic E-state index is 0.237. The zero-order valence-electron chi connectivity index (χ0n) is 15.0. The van der Waals surface area contributed by atoms with Gasteiger partial charge in [-0.05, 0) is 44.0 Å². The number of carbonyl (C=O) groups is 1. The van der Waals surface area contributed by atoms with Gasteiger partial charge >= 0.3 is 0 Å². The molecule has 8 heteroatoms. The predicted octanol–water partition coefficient (Wildman–Crippen LogP) is 3.37. The minimum Gasteiger partial charge on any atom is -0.372 e. The van der Waals surface area contributed by atoms with E-state index in [1.165, 1.54) is 30.9 Å². The van der Waals surface area contributed by atoms with Gasteiger partial charge in [0.1, 0.15) is 17.3 Å². The smallest absolute Gasteiger partial charge is 0.275 e. The number of rotatable bonds is 5. The lowest BCUT2D eigenvalue weighted by atomic mass is 10.2. The number of nitrogens with one attached hydrogen (secondary N) is 2. The second kappa shape index (κ2) is 7.45. The number of benzene rings is 1. The lowest BCUT2D eigenvalue weighted by Crippen LogP contribution is -2.18. The van der Waals surface area contributed by atoms with E-state index in [0.29, 0.717) is 17.4 Å². The summed E-state index contributed by atoms with van der Waals surface area (Å²) in [7, 11) is 0. The molecule has 27 heavy (non-hydrogen) atoms. The van der Waals surface area contributed by atoms with Gasteiger partial charge in [-0.2, -0.15) is 0 Å². The predicted molar refractivity (Wildman–Crippen MR) is 102 cm³/mol. The van der Waals surface area contributed by atoms with Gasteiger partial charge in [0.05, 0.1) is 12.4 Å². The average Bonchev–Trinajstić information content (AvgIpc) is 3.35. The first kappa shape index (κ1) is 17.0. The van der Waals surface area contributed by atoms with Gasteiger partial charge in [-0.15, -0.1) is 0 Å². The highest BCUT2D eigenvalue weighted by Crippen LogP contribution is 2.22. The third kappa shape index (κ3) is 4.05. The standard InChI is InChI=1S/C19H20N6O2/c1-13-10-17(24-27-13)23-18-12-20-16(11-21-18)19(26)22-14-4-6-15(7-5-14)25-8-2-3-9-25/h4-7,10-12H,2-3,8-9H2,1H3,(H,22,26)(H,21,23,24). The molecule has 2 N–H and O–H groups in total. The second-order valence-electron chi connectivity index (χ2n) is 6.43. The van der Waals surface area contributed by atoms with Gasteiger partial charge in [-0.25, -0.2) is 9.97 Å². The van der Waals surface area contributed by atoms with Crippen molar-refractivity contribution in [2.24, 2.45) is 0 Å². The number of hydrogen-bond donors (Lipinski definition) is 2. The number of carbonyl (C=O) groups excluding carboxylic acids is 1. The van der Waals surface area contributed by atoms with E-state index in [9.17, 15) is 4.79 Å². The number of anilines is 4. The summed E-state index contributed by atoms with van der Waals surface area (Å²) < 4.78 is 4.98. The maximum atomic E-state index is 12.4. The third-order valence-corrected chi connectivity index (χ3v) is 4.36. The Bertz CT molecular complexity index is 914. The summed E-state index contributed by atoms with van der Waals surface area (Å²) in [6.45, 7) is 3.99. The normalized spacial score (nSPS) is 13.6. The Morgan fingerprint density at radius 2 is 1.85 bits per heavy atom. The molecule has 1 saturated heterocycles. The Balaban J connectivity index is 1.37. The molecule has 1 aliphatic heterocycles. The van der Waals surface area contributed by atoms with Crippen LogP contribution in [0.4, 0.5) is 23.0 Å². The Hall–Kier alpha value is -3.42. The van der Waals surface area contributed by atoms with Crippen LogP contribution in [-0.4, -0.2) is 34.1 Å². The number of amides is 1. The highest BCUT2D eigenvalue weighted by atomic mass is 16.5.